The lowest BCUT2D eigenvalue weighted by molar-refractivity contribution is -0.139. The van der Waals surface area contributed by atoms with Crippen LogP contribution < -0.4 is 5.32 Å². The molecule has 2 aromatic carbocycles. The van der Waals surface area contributed by atoms with Gasteiger partial charge in [0, 0.05) is 19.3 Å². The van der Waals surface area contributed by atoms with Gasteiger partial charge >= 0.3 is 5.97 Å². The number of thiazole rings is 1. The monoisotopic (exact) mass is 413 g/mol. The van der Waals surface area contributed by atoms with Crippen molar-refractivity contribution in [3.8, 4) is 0 Å². The van der Waals surface area contributed by atoms with Gasteiger partial charge in [-0.2, -0.15) is 0 Å². The summed E-state index contributed by atoms with van der Waals surface area (Å²) in [6.45, 7) is 2.14. The van der Waals surface area contributed by atoms with E-state index < -0.39 is 12.1 Å². The molecule has 0 fully saturated rings. The van der Waals surface area contributed by atoms with Crippen LogP contribution in [0.25, 0.3) is 10.2 Å². The minimum absolute atomic E-state index is 0.0607. The number of carbonyl (C=O) groups excluding carboxylic acids is 2. The highest BCUT2D eigenvalue weighted by Gasteiger charge is 2.24. The van der Waals surface area contributed by atoms with E-state index in [9.17, 15) is 9.59 Å². The highest BCUT2D eigenvalue weighted by atomic mass is 32.1. The van der Waals surface area contributed by atoms with E-state index in [0.29, 0.717) is 24.3 Å². The molecule has 0 spiro atoms. The number of hydrogen-bond donors (Lipinski definition) is 2. The smallest absolute Gasteiger partial charge is 0.341 e. The number of rotatable bonds is 8. The second-order valence-electron chi connectivity index (χ2n) is 6.51. The van der Waals surface area contributed by atoms with Gasteiger partial charge in [-0.15, -0.1) is 11.3 Å². The van der Waals surface area contributed by atoms with Gasteiger partial charge in [0.2, 0.25) is 0 Å². The lowest BCUT2D eigenvalue weighted by Crippen LogP contribution is -2.37. The molecule has 1 heterocycles. The van der Waals surface area contributed by atoms with Crippen molar-refractivity contribution in [2.75, 3.05) is 25.5 Å². The molecule has 3 aromatic rings. The number of benzene rings is 2. The summed E-state index contributed by atoms with van der Waals surface area (Å²) in [5.41, 5.74) is 1.77. The first kappa shape index (κ1) is 20.8. The summed E-state index contributed by atoms with van der Waals surface area (Å²) in [6, 6.07) is 14.6. The van der Waals surface area contributed by atoms with Crippen LogP contribution >= 0.6 is 11.3 Å². The maximum absolute atomic E-state index is 12.7. The first-order valence-electron chi connectivity index (χ1n) is 9.23. The van der Waals surface area contributed by atoms with Crippen molar-refractivity contribution >= 4 is 39.1 Å². The Morgan fingerprint density at radius 1 is 1.21 bits per heavy atom. The van der Waals surface area contributed by atoms with Gasteiger partial charge in [0.05, 0.1) is 28.9 Å². The molecule has 0 aliphatic carbocycles. The van der Waals surface area contributed by atoms with Crippen LogP contribution in [-0.2, 0) is 16.1 Å². The van der Waals surface area contributed by atoms with Gasteiger partial charge in [-0.25, -0.2) is 9.78 Å². The Balaban J connectivity index is 1.63. The van der Waals surface area contributed by atoms with Gasteiger partial charge in [-0.3, -0.25) is 4.79 Å². The largest absolute Gasteiger partial charge is 0.449 e. The van der Waals surface area contributed by atoms with Gasteiger partial charge in [0.25, 0.3) is 5.91 Å². The SMILES string of the molecule is CC(OC(=O)c1ccccc1NCCO)C(=O)N(C)Cc1nc2ccccc2s1. The number of amides is 1. The number of aromatic nitrogens is 1. The Morgan fingerprint density at radius 2 is 1.93 bits per heavy atom. The number of anilines is 1. The number of nitrogens with zero attached hydrogens (tertiary/aromatic N) is 2. The number of nitrogens with one attached hydrogen (secondary N) is 1. The van der Waals surface area contributed by atoms with Crippen LogP contribution in [0.1, 0.15) is 22.3 Å². The van der Waals surface area contributed by atoms with Crippen LogP contribution in [-0.4, -0.2) is 53.2 Å². The molecular weight excluding hydrogens is 390 g/mol. The summed E-state index contributed by atoms with van der Waals surface area (Å²) < 4.78 is 6.45. The average Bonchev–Trinajstić information content (AvgIpc) is 3.13. The first-order chi connectivity index (χ1) is 14.0. The fourth-order valence-corrected chi connectivity index (χ4v) is 3.88. The molecule has 0 saturated carbocycles. The van der Waals surface area contributed by atoms with Crippen molar-refractivity contribution in [1.82, 2.24) is 9.88 Å². The molecule has 1 atom stereocenters. The van der Waals surface area contributed by atoms with E-state index in [-0.39, 0.29) is 12.5 Å². The molecule has 152 valence electrons. The number of likely N-dealkylation sites (N-methyl/N-ethyl adjacent to an activating group) is 1. The molecule has 3 rings (SSSR count). The van der Waals surface area contributed by atoms with Crippen LogP contribution in [0, 0.1) is 0 Å². The van der Waals surface area contributed by atoms with Gasteiger partial charge in [-0.1, -0.05) is 24.3 Å². The molecule has 0 aliphatic rings. The van der Waals surface area contributed by atoms with Crippen molar-refractivity contribution in [2.24, 2.45) is 0 Å². The van der Waals surface area contributed by atoms with Crippen LogP contribution in [0.3, 0.4) is 0 Å². The summed E-state index contributed by atoms with van der Waals surface area (Å²) in [6.07, 6.45) is -0.937. The third-order valence-corrected chi connectivity index (χ3v) is 5.31. The zero-order valence-corrected chi connectivity index (χ0v) is 17.1. The highest BCUT2D eigenvalue weighted by Crippen LogP contribution is 2.23. The van der Waals surface area contributed by atoms with Crippen LogP contribution in [0.2, 0.25) is 0 Å². The van der Waals surface area contributed by atoms with Crippen molar-refractivity contribution in [1.29, 1.82) is 0 Å². The molecular formula is C21H23N3O4S. The predicted molar refractivity (Wildman–Crippen MR) is 113 cm³/mol. The number of aliphatic hydroxyl groups excluding tert-OH is 1. The van der Waals surface area contributed by atoms with Gasteiger partial charge in [0.1, 0.15) is 5.01 Å². The topological polar surface area (TPSA) is 91.8 Å². The molecule has 0 bridgehead atoms. The normalized spacial score (nSPS) is 11.8. The Labute approximate surface area is 172 Å². The summed E-state index contributed by atoms with van der Waals surface area (Å²) in [7, 11) is 1.66. The minimum atomic E-state index is -0.937. The molecule has 1 aromatic heterocycles. The van der Waals surface area contributed by atoms with Crippen molar-refractivity contribution < 1.29 is 19.4 Å². The number of para-hydroxylation sites is 2. The third-order valence-electron chi connectivity index (χ3n) is 4.29. The maximum atomic E-state index is 12.7. The maximum Gasteiger partial charge on any atom is 0.341 e. The van der Waals surface area contributed by atoms with Crippen molar-refractivity contribution in [2.45, 2.75) is 19.6 Å². The average molecular weight is 413 g/mol. The number of aliphatic hydroxyl groups is 1. The van der Waals surface area contributed by atoms with E-state index in [2.05, 4.69) is 10.3 Å². The van der Waals surface area contributed by atoms with E-state index in [4.69, 9.17) is 9.84 Å². The molecule has 2 N–H and O–H groups in total. The third kappa shape index (κ3) is 5.10. The predicted octanol–water partition coefficient (Wildman–Crippen LogP) is 2.90. The quantitative estimate of drug-likeness (QED) is 0.552. The second kappa shape index (κ2) is 9.49. The van der Waals surface area contributed by atoms with Crippen LogP contribution in [0.4, 0.5) is 5.69 Å². The molecule has 1 amide bonds. The standard InChI is InChI=1S/C21H23N3O4S/c1-14(28-21(27)15-7-3-4-8-16(15)22-11-12-25)20(26)24(2)13-19-23-17-9-5-6-10-18(17)29-19/h3-10,14,22,25H,11-13H2,1-2H3. The zero-order valence-electron chi connectivity index (χ0n) is 16.3. The molecule has 0 saturated heterocycles. The Bertz CT molecular complexity index is 971. The van der Waals surface area contributed by atoms with Crippen LogP contribution in [0.15, 0.2) is 48.5 Å². The zero-order chi connectivity index (χ0) is 20.8. The lowest BCUT2D eigenvalue weighted by Gasteiger charge is -2.21. The summed E-state index contributed by atoms with van der Waals surface area (Å²) >= 11 is 1.53. The molecule has 0 radical (unpaired) electrons. The van der Waals surface area contributed by atoms with Gasteiger partial charge < -0.3 is 20.1 Å². The Hall–Kier alpha value is -2.97. The Kier molecular flexibility index (Phi) is 6.79. The van der Waals surface area contributed by atoms with E-state index in [1.54, 1.807) is 38.2 Å². The fraction of sp³-hybridized carbons (Fsp3) is 0.286. The summed E-state index contributed by atoms with van der Waals surface area (Å²) in [4.78, 5) is 31.2. The van der Waals surface area contributed by atoms with Crippen molar-refractivity contribution in [3.05, 3.63) is 59.1 Å². The highest BCUT2D eigenvalue weighted by molar-refractivity contribution is 7.18. The lowest BCUT2D eigenvalue weighted by atomic mass is 10.1. The summed E-state index contributed by atoms with van der Waals surface area (Å²) in [5, 5.41) is 12.8. The number of esters is 1. The van der Waals surface area contributed by atoms with E-state index in [1.165, 1.54) is 16.2 Å². The Morgan fingerprint density at radius 3 is 2.69 bits per heavy atom. The molecule has 7 nitrogen and oxygen atoms in total. The molecule has 1 unspecified atom stereocenters. The van der Waals surface area contributed by atoms with Crippen molar-refractivity contribution in [3.63, 3.8) is 0 Å². The number of hydrogen-bond acceptors (Lipinski definition) is 7. The number of ether oxygens (including phenoxy) is 1. The fourth-order valence-electron chi connectivity index (χ4n) is 2.86. The minimum Gasteiger partial charge on any atom is -0.449 e. The van der Waals surface area contributed by atoms with Gasteiger partial charge in [0.15, 0.2) is 6.10 Å². The second-order valence-corrected chi connectivity index (χ2v) is 7.63. The molecule has 8 heteroatoms. The number of carbonyl (C=O) groups is 2. The summed E-state index contributed by atoms with van der Waals surface area (Å²) in [5.74, 6) is -0.904. The molecule has 29 heavy (non-hydrogen) atoms. The van der Waals surface area contributed by atoms with E-state index >= 15 is 0 Å². The first-order valence-corrected chi connectivity index (χ1v) is 10.1. The molecule has 0 aliphatic heterocycles. The van der Waals surface area contributed by atoms with E-state index in [0.717, 1.165) is 15.2 Å². The van der Waals surface area contributed by atoms with Crippen LogP contribution in [0.5, 0.6) is 0 Å². The van der Waals surface area contributed by atoms with E-state index in [1.807, 2.05) is 24.3 Å². The number of fused-ring (bicyclic) bond motifs is 1. The van der Waals surface area contributed by atoms with Gasteiger partial charge in [-0.05, 0) is 31.2 Å².